The third kappa shape index (κ3) is 4.01. The molecule has 1 heterocycles. The number of carbonyl (C=O) groups excluding carboxylic acids is 1. The number of hydrogen-bond acceptors (Lipinski definition) is 5. The first-order chi connectivity index (χ1) is 10.8. The van der Waals surface area contributed by atoms with Gasteiger partial charge < -0.3 is 11.1 Å². The highest BCUT2D eigenvalue weighted by atomic mass is 32.2. The Hall–Kier alpha value is -2.09. The van der Waals surface area contributed by atoms with Gasteiger partial charge in [0.2, 0.25) is 11.9 Å². The van der Waals surface area contributed by atoms with E-state index >= 15 is 0 Å². The molecule has 2 rings (SSSR count). The number of aryl methyl sites for hydroxylation is 1. The first kappa shape index (κ1) is 17.3. The van der Waals surface area contributed by atoms with Crippen molar-refractivity contribution in [1.29, 1.82) is 0 Å². The zero-order valence-corrected chi connectivity index (χ0v) is 14.3. The molecule has 0 aliphatic rings. The smallest absolute Gasteiger partial charge is 0.237 e. The van der Waals surface area contributed by atoms with E-state index in [-0.39, 0.29) is 17.8 Å². The summed E-state index contributed by atoms with van der Waals surface area (Å²) >= 11 is 1.26. The molecule has 1 aromatic heterocycles. The first-order valence-corrected chi connectivity index (χ1v) is 8.11. The van der Waals surface area contributed by atoms with Crippen molar-refractivity contribution in [2.24, 2.45) is 0 Å². The number of nitrogens with one attached hydrogen (secondary N) is 1. The number of carbonyl (C=O) groups is 1. The second-order valence-electron chi connectivity index (χ2n) is 5.52. The number of hydrogen-bond donors (Lipinski definition) is 2. The van der Waals surface area contributed by atoms with Crippen LogP contribution in [0, 0.1) is 12.7 Å². The highest BCUT2D eigenvalue weighted by molar-refractivity contribution is 8.00. The zero-order chi connectivity index (χ0) is 17.1. The van der Waals surface area contributed by atoms with Crippen LogP contribution in [0.3, 0.4) is 0 Å². The molecule has 124 valence electrons. The Kier molecular flexibility index (Phi) is 5.25. The van der Waals surface area contributed by atoms with Crippen molar-refractivity contribution in [3.05, 3.63) is 29.6 Å². The molecule has 3 N–H and O–H groups in total. The van der Waals surface area contributed by atoms with Gasteiger partial charge in [-0.2, -0.15) is 0 Å². The van der Waals surface area contributed by atoms with Gasteiger partial charge in [0, 0.05) is 11.7 Å². The van der Waals surface area contributed by atoms with Gasteiger partial charge in [0.05, 0.1) is 5.25 Å². The van der Waals surface area contributed by atoms with E-state index in [1.54, 1.807) is 30.5 Å². The van der Waals surface area contributed by atoms with Crippen LogP contribution in [0.15, 0.2) is 23.4 Å². The Balaban J connectivity index is 2.07. The second kappa shape index (κ2) is 6.99. The molecule has 1 amide bonds. The Morgan fingerprint density at radius 1 is 1.35 bits per heavy atom. The summed E-state index contributed by atoms with van der Waals surface area (Å²) in [6, 6.07) is 4.69. The van der Waals surface area contributed by atoms with Crippen molar-refractivity contribution in [2.45, 2.75) is 44.1 Å². The SMILES string of the molecule is Cc1ccc(NC(=O)C(C)Sc2nnc(N)n2C(C)C)cc1F. The lowest BCUT2D eigenvalue weighted by molar-refractivity contribution is -0.115. The maximum absolute atomic E-state index is 13.5. The molecule has 0 bridgehead atoms. The molecule has 23 heavy (non-hydrogen) atoms. The molecule has 0 aliphatic heterocycles. The summed E-state index contributed by atoms with van der Waals surface area (Å²) in [6.45, 7) is 7.34. The van der Waals surface area contributed by atoms with E-state index in [9.17, 15) is 9.18 Å². The van der Waals surface area contributed by atoms with Crippen LogP contribution in [-0.4, -0.2) is 25.9 Å². The standard InChI is InChI=1S/C15H20FN5OS/c1-8(2)21-14(17)19-20-15(21)23-10(4)13(22)18-11-6-5-9(3)12(16)7-11/h5-8,10H,1-4H3,(H2,17,19)(H,18,22). The lowest BCUT2D eigenvalue weighted by Crippen LogP contribution is -2.23. The van der Waals surface area contributed by atoms with Crippen molar-refractivity contribution >= 4 is 29.3 Å². The van der Waals surface area contributed by atoms with Crippen LogP contribution in [0.2, 0.25) is 0 Å². The number of rotatable bonds is 5. The Labute approximate surface area is 138 Å². The average molecular weight is 337 g/mol. The van der Waals surface area contributed by atoms with Gasteiger partial charge in [0.1, 0.15) is 5.82 Å². The Bertz CT molecular complexity index is 716. The van der Waals surface area contributed by atoms with Crippen molar-refractivity contribution in [3.63, 3.8) is 0 Å². The fourth-order valence-corrected chi connectivity index (χ4v) is 2.97. The fourth-order valence-electron chi connectivity index (χ4n) is 1.98. The van der Waals surface area contributed by atoms with Crippen LogP contribution in [0.1, 0.15) is 32.4 Å². The highest BCUT2D eigenvalue weighted by Gasteiger charge is 2.20. The van der Waals surface area contributed by atoms with Crippen LogP contribution < -0.4 is 11.1 Å². The molecule has 0 saturated heterocycles. The molecule has 2 aromatic rings. The highest BCUT2D eigenvalue weighted by Crippen LogP contribution is 2.27. The van der Waals surface area contributed by atoms with Crippen LogP contribution in [0.25, 0.3) is 0 Å². The molecule has 6 nitrogen and oxygen atoms in total. The number of nitrogens with two attached hydrogens (primary N) is 1. The minimum Gasteiger partial charge on any atom is -0.368 e. The first-order valence-electron chi connectivity index (χ1n) is 7.23. The molecule has 0 spiro atoms. The van der Waals surface area contributed by atoms with E-state index in [0.29, 0.717) is 22.4 Å². The van der Waals surface area contributed by atoms with E-state index in [1.807, 2.05) is 13.8 Å². The average Bonchev–Trinajstić information content (AvgIpc) is 2.83. The van der Waals surface area contributed by atoms with E-state index < -0.39 is 5.25 Å². The Morgan fingerprint density at radius 3 is 2.65 bits per heavy atom. The predicted octanol–water partition coefficient (Wildman–Crippen LogP) is 3.01. The number of aromatic nitrogens is 3. The van der Waals surface area contributed by atoms with Gasteiger partial charge in [-0.15, -0.1) is 10.2 Å². The third-order valence-corrected chi connectivity index (χ3v) is 4.35. The predicted molar refractivity (Wildman–Crippen MR) is 89.9 cm³/mol. The molecule has 1 aromatic carbocycles. The molecule has 1 atom stereocenters. The third-order valence-electron chi connectivity index (χ3n) is 3.30. The zero-order valence-electron chi connectivity index (χ0n) is 13.5. The summed E-state index contributed by atoms with van der Waals surface area (Å²) in [5.74, 6) is -0.277. The van der Waals surface area contributed by atoms with Crippen molar-refractivity contribution in [1.82, 2.24) is 14.8 Å². The fraction of sp³-hybridized carbons (Fsp3) is 0.400. The number of benzene rings is 1. The second-order valence-corrected chi connectivity index (χ2v) is 6.83. The van der Waals surface area contributed by atoms with E-state index in [2.05, 4.69) is 15.5 Å². The van der Waals surface area contributed by atoms with E-state index in [4.69, 9.17) is 5.73 Å². The van der Waals surface area contributed by atoms with Gasteiger partial charge in [0.15, 0.2) is 5.16 Å². The molecule has 1 unspecified atom stereocenters. The summed E-state index contributed by atoms with van der Waals surface area (Å²) in [7, 11) is 0. The minimum absolute atomic E-state index is 0.0916. The van der Waals surface area contributed by atoms with Gasteiger partial charge in [-0.25, -0.2) is 4.39 Å². The summed E-state index contributed by atoms with van der Waals surface area (Å²) in [4.78, 5) is 12.3. The minimum atomic E-state index is -0.430. The van der Waals surface area contributed by atoms with E-state index in [1.165, 1.54) is 17.8 Å². The number of thioether (sulfide) groups is 1. The summed E-state index contributed by atoms with van der Waals surface area (Å²) in [5.41, 5.74) is 6.74. The lowest BCUT2D eigenvalue weighted by Gasteiger charge is -2.15. The van der Waals surface area contributed by atoms with Crippen molar-refractivity contribution < 1.29 is 9.18 Å². The normalized spacial score (nSPS) is 12.4. The van der Waals surface area contributed by atoms with Gasteiger partial charge >= 0.3 is 0 Å². The van der Waals surface area contributed by atoms with Crippen molar-refractivity contribution in [2.75, 3.05) is 11.1 Å². The lowest BCUT2D eigenvalue weighted by atomic mass is 10.2. The van der Waals surface area contributed by atoms with Gasteiger partial charge in [0.25, 0.3) is 0 Å². The van der Waals surface area contributed by atoms with Gasteiger partial charge in [-0.1, -0.05) is 17.8 Å². The van der Waals surface area contributed by atoms with Gasteiger partial charge in [-0.05, 0) is 45.4 Å². The van der Waals surface area contributed by atoms with Crippen LogP contribution >= 0.6 is 11.8 Å². The van der Waals surface area contributed by atoms with Crippen LogP contribution in [-0.2, 0) is 4.79 Å². The Morgan fingerprint density at radius 2 is 2.04 bits per heavy atom. The summed E-state index contributed by atoms with van der Waals surface area (Å²) < 4.78 is 15.3. The maximum Gasteiger partial charge on any atom is 0.237 e. The number of nitrogen functional groups attached to an aromatic ring is 1. The molecule has 0 saturated carbocycles. The van der Waals surface area contributed by atoms with Crippen molar-refractivity contribution in [3.8, 4) is 0 Å². The van der Waals surface area contributed by atoms with E-state index in [0.717, 1.165) is 0 Å². The quantitative estimate of drug-likeness (QED) is 0.819. The molecular weight excluding hydrogens is 317 g/mol. The monoisotopic (exact) mass is 337 g/mol. The summed E-state index contributed by atoms with van der Waals surface area (Å²) in [6.07, 6.45) is 0. The molecule has 0 aliphatic carbocycles. The number of nitrogens with zero attached hydrogens (tertiary/aromatic N) is 3. The largest absolute Gasteiger partial charge is 0.368 e. The number of amides is 1. The van der Waals surface area contributed by atoms with Crippen LogP contribution in [0.4, 0.5) is 16.0 Å². The molecular formula is C15H20FN5OS. The maximum atomic E-state index is 13.5. The van der Waals surface area contributed by atoms with Crippen LogP contribution in [0.5, 0.6) is 0 Å². The summed E-state index contributed by atoms with van der Waals surface area (Å²) in [5, 5.41) is 10.7. The number of halogens is 1. The number of anilines is 2. The molecule has 8 heteroatoms. The van der Waals surface area contributed by atoms with Gasteiger partial charge in [-0.3, -0.25) is 9.36 Å². The molecule has 0 radical (unpaired) electrons. The topological polar surface area (TPSA) is 85.8 Å². The molecule has 0 fully saturated rings.